The Morgan fingerprint density at radius 3 is 2.81 bits per heavy atom. The summed E-state index contributed by atoms with van der Waals surface area (Å²) in [5.74, 6) is 0.777. The van der Waals surface area contributed by atoms with Gasteiger partial charge in [0.1, 0.15) is 0 Å². The molecule has 114 valence electrons. The van der Waals surface area contributed by atoms with E-state index in [2.05, 4.69) is 12.2 Å². The first-order chi connectivity index (χ1) is 10.1. The second kappa shape index (κ2) is 6.97. The number of benzene rings is 1. The minimum Gasteiger partial charge on any atom is -0.454 e. The van der Waals surface area contributed by atoms with E-state index < -0.39 is 0 Å². The standard InChI is InChI=1S/C15H20N2O4/c1-3-4-7-17(2)14(18)9-16-15(19)11-5-6-12-13(8-11)21-10-20-12/h5-6,8H,3-4,7,9-10H2,1-2H3,(H,16,19). The van der Waals surface area contributed by atoms with E-state index in [0.717, 1.165) is 12.8 Å². The first-order valence-corrected chi connectivity index (χ1v) is 7.03. The summed E-state index contributed by atoms with van der Waals surface area (Å²) < 4.78 is 10.4. The molecule has 1 aromatic carbocycles. The molecule has 2 rings (SSSR count). The zero-order chi connectivity index (χ0) is 15.2. The second-order valence-corrected chi connectivity index (χ2v) is 4.92. The Labute approximate surface area is 124 Å². The molecular weight excluding hydrogens is 272 g/mol. The molecule has 0 radical (unpaired) electrons. The predicted octanol–water partition coefficient (Wildman–Crippen LogP) is 1.40. The highest BCUT2D eigenvalue weighted by molar-refractivity contribution is 5.97. The number of rotatable bonds is 6. The van der Waals surface area contributed by atoms with Gasteiger partial charge in [-0.3, -0.25) is 9.59 Å². The number of hydrogen-bond donors (Lipinski definition) is 1. The lowest BCUT2D eigenvalue weighted by atomic mass is 10.2. The molecule has 1 aromatic rings. The van der Waals surface area contributed by atoms with E-state index in [-0.39, 0.29) is 25.2 Å². The summed E-state index contributed by atoms with van der Waals surface area (Å²) in [6, 6.07) is 4.95. The van der Waals surface area contributed by atoms with Crippen LogP contribution in [0.2, 0.25) is 0 Å². The van der Waals surface area contributed by atoms with Gasteiger partial charge in [-0.05, 0) is 24.6 Å². The molecule has 0 aliphatic carbocycles. The van der Waals surface area contributed by atoms with Crippen molar-refractivity contribution in [3.8, 4) is 11.5 Å². The average Bonchev–Trinajstić information content (AvgIpc) is 2.97. The third-order valence-corrected chi connectivity index (χ3v) is 3.31. The van der Waals surface area contributed by atoms with Crippen LogP contribution in [-0.4, -0.2) is 43.6 Å². The van der Waals surface area contributed by atoms with E-state index in [4.69, 9.17) is 9.47 Å². The number of nitrogens with one attached hydrogen (secondary N) is 1. The van der Waals surface area contributed by atoms with Gasteiger partial charge in [0.25, 0.3) is 5.91 Å². The zero-order valence-electron chi connectivity index (χ0n) is 12.3. The van der Waals surface area contributed by atoms with Crippen LogP contribution in [0.4, 0.5) is 0 Å². The smallest absolute Gasteiger partial charge is 0.251 e. The van der Waals surface area contributed by atoms with Crippen LogP contribution in [0.15, 0.2) is 18.2 Å². The number of nitrogens with zero attached hydrogens (tertiary/aromatic N) is 1. The lowest BCUT2D eigenvalue weighted by Crippen LogP contribution is -2.38. The maximum absolute atomic E-state index is 12.0. The summed E-state index contributed by atoms with van der Waals surface area (Å²) in [4.78, 5) is 25.5. The van der Waals surface area contributed by atoms with Crippen LogP contribution >= 0.6 is 0 Å². The third-order valence-electron chi connectivity index (χ3n) is 3.31. The summed E-state index contributed by atoms with van der Waals surface area (Å²) in [6.07, 6.45) is 1.99. The highest BCUT2D eigenvalue weighted by Crippen LogP contribution is 2.32. The molecule has 1 aliphatic heterocycles. The third kappa shape index (κ3) is 3.87. The largest absolute Gasteiger partial charge is 0.454 e. The van der Waals surface area contributed by atoms with Gasteiger partial charge in [-0.2, -0.15) is 0 Å². The van der Waals surface area contributed by atoms with Crippen LogP contribution in [0.1, 0.15) is 30.1 Å². The maximum Gasteiger partial charge on any atom is 0.251 e. The van der Waals surface area contributed by atoms with E-state index in [1.54, 1.807) is 30.1 Å². The molecule has 6 heteroatoms. The summed E-state index contributed by atoms with van der Waals surface area (Å²) >= 11 is 0. The van der Waals surface area contributed by atoms with E-state index in [0.29, 0.717) is 23.6 Å². The van der Waals surface area contributed by atoms with Gasteiger partial charge in [0.2, 0.25) is 12.7 Å². The van der Waals surface area contributed by atoms with Crippen molar-refractivity contribution >= 4 is 11.8 Å². The number of hydrogen-bond acceptors (Lipinski definition) is 4. The fourth-order valence-corrected chi connectivity index (χ4v) is 1.95. The number of ether oxygens (including phenoxy) is 2. The lowest BCUT2D eigenvalue weighted by molar-refractivity contribution is -0.128. The van der Waals surface area contributed by atoms with E-state index >= 15 is 0 Å². The van der Waals surface area contributed by atoms with Gasteiger partial charge in [-0.15, -0.1) is 0 Å². The van der Waals surface area contributed by atoms with E-state index in [9.17, 15) is 9.59 Å². The molecule has 0 aromatic heterocycles. The number of carbonyl (C=O) groups excluding carboxylic acids is 2. The minimum atomic E-state index is -0.300. The second-order valence-electron chi connectivity index (χ2n) is 4.92. The van der Waals surface area contributed by atoms with Gasteiger partial charge in [0, 0.05) is 19.2 Å². The molecule has 1 heterocycles. The molecule has 2 amide bonds. The SMILES string of the molecule is CCCCN(C)C(=O)CNC(=O)c1ccc2c(c1)OCO2. The van der Waals surface area contributed by atoms with Crippen molar-refractivity contribution in [1.82, 2.24) is 10.2 Å². The molecule has 0 bridgehead atoms. The van der Waals surface area contributed by atoms with Crippen LogP contribution in [0.5, 0.6) is 11.5 Å². The fraction of sp³-hybridized carbons (Fsp3) is 0.467. The van der Waals surface area contributed by atoms with Crippen LogP contribution in [0, 0.1) is 0 Å². The molecule has 0 spiro atoms. The molecule has 0 unspecified atom stereocenters. The predicted molar refractivity (Wildman–Crippen MR) is 77.4 cm³/mol. The first kappa shape index (κ1) is 15.2. The van der Waals surface area contributed by atoms with Crippen LogP contribution in [0.3, 0.4) is 0 Å². The number of carbonyl (C=O) groups is 2. The molecule has 0 saturated carbocycles. The molecule has 1 aliphatic rings. The van der Waals surface area contributed by atoms with Gasteiger partial charge < -0.3 is 19.7 Å². The molecule has 1 N–H and O–H groups in total. The van der Waals surface area contributed by atoms with Crippen molar-refractivity contribution in [2.75, 3.05) is 26.9 Å². The molecule has 0 atom stereocenters. The van der Waals surface area contributed by atoms with Crippen LogP contribution in [-0.2, 0) is 4.79 Å². The van der Waals surface area contributed by atoms with Gasteiger partial charge in [0.05, 0.1) is 6.54 Å². The molecule has 21 heavy (non-hydrogen) atoms. The van der Waals surface area contributed by atoms with Gasteiger partial charge in [0.15, 0.2) is 11.5 Å². The lowest BCUT2D eigenvalue weighted by Gasteiger charge is -2.17. The zero-order valence-corrected chi connectivity index (χ0v) is 12.3. The number of likely N-dealkylation sites (N-methyl/N-ethyl adjacent to an activating group) is 1. The van der Waals surface area contributed by atoms with Crippen LogP contribution < -0.4 is 14.8 Å². The monoisotopic (exact) mass is 292 g/mol. The van der Waals surface area contributed by atoms with Gasteiger partial charge >= 0.3 is 0 Å². The highest BCUT2D eigenvalue weighted by Gasteiger charge is 2.17. The summed E-state index contributed by atoms with van der Waals surface area (Å²) in [5.41, 5.74) is 0.447. The normalized spacial score (nSPS) is 12.1. The average molecular weight is 292 g/mol. The molecular formula is C15H20N2O4. The molecule has 0 fully saturated rings. The van der Waals surface area contributed by atoms with Crippen molar-refractivity contribution in [3.63, 3.8) is 0 Å². The van der Waals surface area contributed by atoms with Gasteiger partial charge in [-0.25, -0.2) is 0 Å². The van der Waals surface area contributed by atoms with Crippen molar-refractivity contribution in [1.29, 1.82) is 0 Å². The Bertz CT molecular complexity index is 530. The topological polar surface area (TPSA) is 67.9 Å². The Hall–Kier alpha value is -2.24. The fourth-order valence-electron chi connectivity index (χ4n) is 1.95. The van der Waals surface area contributed by atoms with Crippen molar-refractivity contribution in [2.24, 2.45) is 0 Å². The van der Waals surface area contributed by atoms with E-state index in [1.165, 1.54) is 0 Å². The van der Waals surface area contributed by atoms with Gasteiger partial charge in [-0.1, -0.05) is 13.3 Å². The van der Waals surface area contributed by atoms with E-state index in [1.807, 2.05) is 0 Å². The quantitative estimate of drug-likeness (QED) is 0.860. The number of amides is 2. The van der Waals surface area contributed by atoms with Crippen molar-refractivity contribution in [2.45, 2.75) is 19.8 Å². The van der Waals surface area contributed by atoms with Crippen molar-refractivity contribution in [3.05, 3.63) is 23.8 Å². The van der Waals surface area contributed by atoms with Crippen molar-refractivity contribution < 1.29 is 19.1 Å². The Kier molecular flexibility index (Phi) is 5.03. The Morgan fingerprint density at radius 1 is 1.29 bits per heavy atom. The number of fused-ring (bicyclic) bond motifs is 1. The maximum atomic E-state index is 12.0. The first-order valence-electron chi connectivity index (χ1n) is 7.03. The van der Waals surface area contributed by atoms with Crippen LogP contribution in [0.25, 0.3) is 0 Å². The Morgan fingerprint density at radius 2 is 2.05 bits per heavy atom. The number of unbranched alkanes of at least 4 members (excludes halogenated alkanes) is 1. The molecule has 6 nitrogen and oxygen atoms in total. The highest BCUT2D eigenvalue weighted by atomic mass is 16.7. The Balaban J connectivity index is 1.86. The summed E-state index contributed by atoms with van der Waals surface area (Å²) in [5, 5.41) is 2.62. The summed E-state index contributed by atoms with van der Waals surface area (Å²) in [7, 11) is 1.74. The molecule has 0 saturated heterocycles. The summed E-state index contributed by atoms with van der Waals surface area (Å²) in [6.45, 7) is 2.93. The minimum absolute atomic E-state index is 0.00646.